The van der Waals surface area contributed by atoms with E-state index in [0.29, 0.717) is 29.8 Å². The van der Waals surface area contributed by atoms with Crippen molar-refractivity contribution in [2.45, 2.75) is 20.4 Å². The average Bonchev–Trinajstić information content (AvgIpc) is 2.82. The largest absolute Gasteiger partial charge is 0.492 e. The van der Waals surface area contributed by atoms with Gasteiger partial charge in [-0.2, -0.15) is 0 Å². The highest BCUT2D eigenvalue weighted by atomic mass is 16.5. The first-order valence-electron chi connectivity index (χ1n) is 7.38. The maximum absolute atomic E-state index is 12.0. The maximum atomic E-state index is 12.0. The molecule has 0 aliphatic carbocycles. The first-order chi connectivity index (χ1) is 11.0. The van der Waals surface area contributed by atoms with E-state index in [1.54, 1.807) is 18.2 Å². The van der Waals surface area contributed by atoms with Crippen LogP contribution >= 0.6 is 0 Å². The molecule has 1 aromatic heterocycles. The van der Waals surface area contributed by atoms with Gasteiger partial charge >= 0.3 is 5.76 Å². The molecule has 5 heteroatoms. The number of ketones is 1. The Balaban J connectivity index is 1.79. The normalized spacial score (nSPS) is 10.9. The molecule has 0 aliphatic rings. The van der Waals surface area contributed by atoms with Gasteiger partial charge in [-0.3, -0.25) is 9.36 Å². The van der Waals surface area contributed by atoms with Gasteiger partial charge in [0.05, 0.1) is 12.1 Å². The fourth-order valence-corrected chi connectivity index (χ4v) is 2.46. The van der Waals surface area contributed by atoms with Crippen LogP contribution in [0.5, 0.6) is 5.75 Å². The zero-order valence-corrected chi connectivity index (χ0v) is 13.0. The Morgan fingerprint density at radius 2 is 2.04 bits per heavy atom. The SMILES string of the molecule is CC(=O)c1ccc2c(c1)oc(=O)n2CCOc1cccc(C)c1. The first kappa shape index (κ1) is 15.1. The third kappa shape index (κ3) is 3.18. The number of fused-ring (bicyclic) bond motifs is 1. The summed E-state index contributed by atoms with van der Waals surface area (Å²) >= 11 is 0. The predicted molar refractivity (Wildman–Crippen MR) is 87.2 cm³/mol. The van der Waals surface area contributed by atoms with Crippen LogP contribution in [0.1, 0.15) is 22.8 Å². The van der Waals surface area contributed by atoms with Crippen molar-refractivity contribution in [2.75, 3.05) is 6.61 Å². The molecule has 0 aliphatic heterocycles. The summed E-state index contributed by atoms with van der Waals surface area (Å²) in [5.41, 5.74) is 2.71. The van der Waals surface area contributed by atoms with E-state index < -0.39 is 5.76 Å². The van der Waals surface area contributed by atoms with Gasteiger partial charge in [-0.25, -0.2) is 4.79 Å². The Morgan fingerprint density at radius 3 is 2.78 bits per heavy atom. The number of rotatable bonds is 5. The van der Waals surface area contributed by atoms with Gasteiger partial charge in [0.15, 0.2) is 11.4 Å². The second-order valence-corrected chi connectivity index (χ2v) is 5.42. The summed E-state index contributed by atoms with van der Waals surface area (Å²) in [6, 6.07) is 12.7. The van der Waals surface area contributed by atoms with Crippen molar-refractivity contribution in [3.8, 4) is 5.75 Å². The van der Waals surface area contributed by atoms with Gasteiger partial charge in [0.25, 0.3) is 0 Å². The molecule has 0 bridgehead atoms. The molecule has 0 atom stereocenters. The number of hydrogen-bond donors (Lipinski definition) is 0. The number of Topliss-reactive ketones (excluding diaryl/α,β-unsaturated/α-hetero) is 1. The van der Waals surface area contributed by atoms with Crippen LogP contribution in [0, 0.1) is 6.92 Å². The molecular weight excluding hydrogens is 294 g/mol. The highest BCUT2D eigenvalue weighted by molar-refractivity contribution is 5.96. The lowest BCUT2D eigenvalue weighted by Gasteiger charge is -2.07. The molecule has 0 saturated carbocycles. The summed E-state index contributed by atoms with van der Waals surface area (Å²) in [4.78, 5) is 23.4. The Morgan fingerprint density at radius 1 is 1.22 bits per heavy atom. The minimum atomic E-state index is -0.450. The number of nitrogens with zero attached hydrogens (tertiary/aromatic N) is 1. The number of hydrogen-bond acceptors (Lipinski definition) is 4. The van der Waals surface area contributed by atoms with Crippen molar-refractivity contribution in [1.82, 2.24) is 4.57 Å². The molecule has 118 valence electrons. The number of benzene rings is 2. The molecule has 5 nitrogen and oxygen atoms in total. The van der Waals surface area contributed by atoms with Crippen LogP contribution in [0.15, 0.2) is 51.7 Å². The Bertz CT molecular complexity index is 920. The minimum absolute atomic E-state index is 0.0647. The summed E-state index contributed by atoms with van der Waals surface area (Å²) < 4.78 is 12.4. The topological polar surface area (TPSA) is 61.4 Å². The van der Waals surface area contributed by atoms with Crippen molar-refractivity contribution < 1.29 is 13.9 Å². The number of aryl methyl sites for hydroxylation is 1. The summed E-state index contributed by atoms with van der Waals surface area (Å²) in [6.07, 6.45) is 0. The van der Waals surface area contributed by atoms with Crippen molar-refractivity contribution in [3.63, 3.8) is 0 Å². The van der Waals surface area contributed by atoms with Crippen LogP contribution in [0.4, 0.5) is 0 Å². The van der Waals surface area contributed by atoms with Crippen LogP contribution in [0.3, 0.4) is 0 Å². The smallest absolute Gasteiger partial charge is 0.420 e. The molecule has 3 aromatic rings. The third-order valence-electron chi connectivity index (χ3n) is 3.65. The lowest BCUT2D eigenvalue weighted by Crippen LogP contribution is -2.18. The van der Waals surface area contributed by atoms with E-state index in [9.17, 15) is 9.59 Å². The van der Waals surface area contributed by atoms with Crippen molar-refractivity contribution in [2.24, 2.45) is 0 Å². The first-order valence-corrected chi connectivity index (χ1v) is 7.38. The summed E-state index contributed by atoms with van der Waals surface area (Å²) in [6.45, 7) is 4.20. The molecule has 1 heterocycles. The minimum Gasteiger partial charge on any atom is -0.492 e. The monoisotopic (exact) mass is 311 g/mol. The van der Waals surface area contributed by atoms with E-state index in [-0.39, 0.29) is 5.78 Å². The Labute approximate surface area is 133 Å². The van der Waals surface area contributed by atoms with Gasteiger partial charge in [0, 0.05) is 5.56 Å². The lowest BCUT2D eigenvalue weighted by molar-refractivity contribution is 0.101. The molecule has 0 unspecified atom stereocenters. The number of aromatic nitrogens is 1. The number of carbonyl (C=O) groups excluding carboxylic acids is 1. The zero-order valence-electron chi connectivity index (χ0n) is 13.0. The van der Waals surface area contributed by atoms with Gasteiger partial charge in [-0.15, -0.1) is 0 Å². The van der Waals surface area contributed by atoms with Gasteiger partial charge in [-0.1, -0.05) is 12.1 Å². The van der Waals surface area contributed by atoms with E-state index in [2.05, 4.69) is 0 Å². The maximum Gasteiger partial charge on any atom is 0.420 e. The van der Waals surface area contributed by atoms with Crippen LogP contribution in [0.25, 0.3) is 11.1 Å². The Hall–Kier alpha value is -2.82. The molecular formula is C18H17NO4. The van der Waals surface area contributed by atoms with E-state index in [0.717, 1.165) is 11.3 Å². The number of ether oxygens (including phenoxy) is 1. The molecule has 0 fully saturated rings. The van der Waals surface area contributed by atoms with Crippen molar-refractivity contribution in [1.29, 1.82) is 0 Å². The van der Waals surface area contributed by atoms with Crippen molar-refractivity contribution in [3.05, 3.63) is 64.1 Å². The molecule has 3 rings (SSSR count). The van der Waals surface area contributed by atoms with E-state index in [4.69, 9.17) is 9.15 Å². The van der Waals surface area contributed by atoms with Gasteiger partial charge < -0.3 is 9.15 Å². The highest BCUT2D eigenvalue weighted by Gasteiger charge is 2.11. The van der Waals surface area contributed by atoms with Gasteiger partial charge in [-0.05, 0) is 49.7 Å². The molecule has 2 aromatic carbocycles. The summed E-state index contributed by atoms with van der Waals surface area (Å²) in [5.74, 6) is 0.253. The molecule has 23 heavy (non-hydrogen) atoms. The molecule has 0 N–H and O–H groups in total. The molecule has 0 spiro atoms. The predicted octanol–water partition coefficient (Wildman–Crippen LogP) is 3.18. The fraction of sp³-hybridized carbons (Fsp3) is 0.222. The van der Waals surface area contributed by atoms with Crippen molar-refractivity contribution >= 4 is 16.9 Å². The third-order valence-corrected chi connectivity index (χ3v) is 3.65. The van der Waals surface area contributed by atoms with E-state index in [1.165, 1.54) is 11.5 Å². The highest BCUT2D eigenvalue weighted by Crippen LogP contribution is 2.16. The molecule has 0 radical (unpaired) electrons. The van der Waals surface area contributed by atoms with Crippen LogP contribution < -0.4 is 10.5 Å². The molecule has 0 saturated heterocycles. The zero-order chi connectivity index (χ0) is 16.4. The van der Waals surface area contributed by atoms with Crippen LogP contribution in [-0.4, -0.2) is 17.0 Å². The quantitative estimate of drug-likeness (QED) is 0.679. The van der Waals surface area contributed by atoms with Gasteiger partial charge in [0.2, 0.25) is 0 Å². The van der Waals surface area contributed by atoms with Gasteiger partial charge in [0.1, 0.15) is 12.4 Å². The number of carbonyl (C=O) groups is 1. The lowest BCUT2D eigenvalue weighted by atomic mass is 10.1. The van der Waals surface area contributed by atoms with Crippen LogP contribution in [-0.2, 0) is 6.54 Å². The standard InChI is InChI=1S/C18H17NO4/c1-12-4-3-5-15(10-12)22-9-8-19-16-7-6-14(13(2)20)11-17(16)23-18(19)21/h3-7,10-11H,8-9H2,1-2H3. The Kier molecular flexibility index (Phi) is 4.02. The average molecular weight is 311 g/mol. The van der Waals surface area contributed by atoms with Crippen LogP contribution in [0.2, 0.25) is 0 Å². The second-order valence-electron chi connectivity index (χ2n) is 5.42. The molecule has 0 amide bonds. The number of oxazole rings is 1. The summed E-state index contributed by atoms with van der Waals surface area (Å²) in [7, 11) is 0. The van der Waals surface area contributed by atoms with E-state index in [1.807, 2.05) is 31.2 Å². The fourth-order valence-electron chi connectivity index (χ4n) is 2.46. The second kappa shape index (κ2) is 6.12. The summed E-state index contributed by atoms with van der Waals surface area (Å²) in [5, 5.41) is 0. The van der Waals surface area contributed by atoms with E-state index >= 15 is 0 Å².